The van der Waals surface area contributed by atoms with Gasteiger partial charge in [0.25, 0.3) is 0 Å². The van der Waals surface area contributed by atoms with Crippen LogP contribution in [0, 0.1) is 29.1 Å². The highest BCUT2D eigenvalue weighted by atomic mass is 16.4. The third kappa shape index (κ3) is 5.93. The summed E-state index contributed by atoms with van der Waals surface area (Å²) in [5.41, 5.74) is -0.529. The van der Waals surface area contributed by atoms with E-state index >= 15 is 0 Å². The molecular weight excluding hydrogens is 256 g/mol. The van der Waals surface area contributed by atoms with Crippen LogP contribution in [0.5, 0.6) is 0 Å². The van der Waals surface area contributed by atoms with Crippen LogP contribution in [0.2, 0.25) is 0 Å². The van der Waals surface area contributed by atoms with E-state index in [0.29, 0.717) is 11.8 Å². The van der Waals surface area contributed by atoms with Crippen molar-refractivity contribution in [2.45, 2.75) is 60.8 Å². The standard InChI is InChI=1S/C16H30O4/c1-10(2)7-12(8-11(3)4)16(5,6)13(15(19)20)9-14(17)18/h10-13H,7-9H2,1-6H3,(H,17,18)(H,19,20). The van der Waals surface area contributed by atoms with E-state index in [0.717, 1.165) is 12.8 Å². The van der Waals surface area contributed by atoms with Crippen LogP contribution in [0.4, 0.5) is 0 Å². The fourth-order valence-electron chi connectivity index (χ4n) is 2.97. The van der Waals surface area contributed by atoms with Crippen molar-refractivity contribution in [3.63, 3.8) is 0 Å². The highest BCUT2D eigenvalue weighted by molar-refractivity contribution is 5.78. The van der Waals surface area contributed by atoms with E-state index in [1.165, 1.54) is 0 Å². The molecule has 118 valence electrons. The van der Waals surface area contributed by atoms with Crippen molar-refractivity contribution < 1.29 is 19.8 Å². The number of carbonyl (C=O) groups is 2. The lowest BCUT2D eigenvalue weighted by atomic mass is 9.63. The van der Waals surface area contributed by atoms with Crippen LogP contribution >= 0.6 is 0 Å². The molecule has 2 N–H and O–H groups in total. The van der Waals surface area contributed by atoms with E-state index in [9.17, 15) is 14.7 Å². The van der Waals surface area contributed by atoms with Gasteiger partial charge in [-0.1, -0.05) is 41.5 Å². The normalized spacial score (nSPS) is 14.1. The lowest BCUT2D eigenvalue weighted by Gasteiger charge is -2.40. The summed E-state index contributed by atoms with van der Waals surface area (Å²) in [4.78, 5) is 22.5. The molecule has 4 nitrogen and oxygen atoms in total. The molecule has 1 unspecified atom stereocenters. The fraction of sp³-hybridized carbons (Fsp3) is 0.875. The molecule has 0 aliphatic carbocycles. The van der Waals surface area contributed by atoms with E-state index in [-0.39, 0.29) is 12.3 Å². The number of hydrogen-bond acceptors (Lipinski definition) is 2. The van der Waals surface area contributed by atoms with Crippen LogP contribution in [0.1, 0.15) is 60.8 Å². The molecule has 1 atom stereocenters. The third-order valence-corrected chi connectivity index (χ3v) is 4.14. The fourth-order valence-corrected chi connectivity index (χ4v) is 2.97. The number of carboxylic acids is 2. The van der Waals surface area contributed by atoms with Crippen LogP contribution in [0.15, 0.2) is 0 Å². The van der Waals surface area contributed by atoms with Crippen molar-refractivity contribution in [1.29, 1.82) is 0 Å². The van der Waals surface area contributed by atoms with Gasteiger partial charge in [0, 0.05) is 0 Å². The van der Waals surface area contributed by atoms with Gasteiger partial charge in [-0.2, -0.15) is 0 Å². The summed E-state index contributed by atoms with van der Waals surface area (Å²) < 4.78 is 0. The van der Waals surface area contributed by atoms with Crippen LogP contribution in [-0.2, 0) is 9.59 Å². The van der Waals surface area contributed by atoms with E-state index in [4.69, 9.17) is 5.11 Å². The Morgan fingerprint density at radius 3 is 1.60 bits per heavy atom. The van der Waals surface area contributed by atoms with Gasteiger partial charge < -0.3 is 10.2 Å². The lowest BCUT2D eigenvalue weighted by molar-refractivity contribution is -0.154. The summed E-state index contributed by atoms with van der Waals surface area (Å²) in [5.74, 6) is -1.74. The number of rotatable bonds is 9. The molecule has 0 radical (unpaired) electrons. The summed E-state index contributed by atoms with van der Waals surface area (Å²) in [7, 11) is 0. The Morgan fingerprint density at radius 1 is 0.950 bits per heavy atom. The zero-order valence-electron chi connectivity index (χ0n) is 13.6. The molecule has 20 heavy (non-hydrogen) atoms. The van der Waals surface area contributed by atoms with Gasteiger partial charge in [-0.15, -0.1) is 0 Å². The van der Waals surface area contributed by atoms with Gasteiger partial charge in [-0.3, -0.25) is 9.59 Å². The first kappa shape index (κ1) is 18.9. The quantitative estimate of drug-likeness (QED) is 0.674. The molecule has 0 bridgehead atoms. The van der Waals surface area contributed by atoms with E-state index < -0.39 is 23.3 Å². The van der Waals surface area contributed by atoms with Crippen molar-refractivity contribution in [3.8, 4) is 0 Å². The average Bonchev–Trinajstić information content (AvgIpc) is 2.22. The molecule has 0 aromatic rings. The lowest BCUT2D eigenvalue weighted by Crippen LogP contribution is -2.40. The first-order valence-electron chi connectivity index (χ1n) is 7.43. The molecule has 0 rings (SSSR count). The highest BCUT2D eigenvalue weighted by Gasteiger charge is 2.42. The first-order valence-corrected chi connectivity index (χ1v) is 7.43. The predicted octanol–water partition coefficient (Wildman–Crippen LogP) is 3.90. The van der Waals surface area contributed by atoms with Crippen molar-refractivity contribution in [2.24, 2.45) is 29.1 Å². The maximum Gasteiger partial charge on any atom is 0.307 e. The Morgan fingerprint density at radius 2 is 1.35 bits per heavy atom. The zero-order valence-corrected chi connectivity index (χ0v) is 13.6. The van der Waals surface area contributed by atoms with Crippen molar-refractivity contribution in [2.75, 3.05) is 0 Å². The van der Waals surface area contributed by atoms with Gasteiger partial charge in [0.1, 0.15) is 0 Å². The minimum Gasteiger partial charge on any atom is -0.481 e. The molecule has 0 aliphatic rings. The highest BCUT2D eigenvalue weighted by Crippen LogP contribution is 2.43. The Balaban J connectivity index is 5.31. The molecule has 0 aromatic carbocycles. The minimum atomic E-state index is -1.04. The SMILES string of the molecule is CC(C)CC(CC(C)C)C(C)(C)C(CC(=O)O)C(=O)O. The molecule has 0 aromatic heterocycles. The monoisotopic (exact) mass is 286 g/mol. The van der Waals surface area contributed by atoms with Gasteiger partial charge in [-0.05, 0) is 36.0 Å². The van der Waals surface area contributed by atoms with Crippen molar-refractivity contribution >= 4 is 11.9 Å². The van der Waals surface area contributed by atoms with E-state index in [1.54, 1.807) is 0 Å². The summed E-state index contributed by atoms with van der Waals surface area (Å²) >= 11 is 0. The minimum absolute atomic E-state index is 0.211. The molecule has 0 amide bonds. The van der Waals surface area contributed by atoms with Crippen molar-refractivity contribution in [3.05, 3.63) is 0 Å². The topological polar surface area (TPSA) is 74.6 Å². The Kier molecular flexibility index (Phi) is 7.25. The largest absolute Gasteiger partial charge is 0.481 e. The van der Waals surface area contributed by atoms with Gasteiger partial charge >= 0.3 is 11.9 Å². The summed E-state index contributed by atoms with van der Waals surface area (Å²) in [6, 6.07) is 0. The number of aliphatic carboxylic acids is 2. The summed E-state index contributed by atoms with van der Waals surface area (Å²) in [6.07, 6.45) is 1.54. The molecule has 0 heterocycles. The van der Waals surface area contributed by atoms with Gasteiger partial charge in [0.15, 0.2) is 0 Å². The van der Waals surface area contributed by atoms with Crippen LogP contribution < -0.4 is 0 Å². The second-order valence-corrected chi connectivity index (χ2v) is 7.27. The predicted molar refractivity (Wildman–Crippen MR) is 79.6 cm³/mol. The van der Waals surface area contributed by atoms with Gasteiger partial charge in [-0.25, -0.2) is 0 Å². The summed E-state index contributed by atoms with van der Waals surface area (Å²) in [5, 5.41) is 18.4. The second kappa shape index (κ2) is 7.65. The molecule has 0 aliphatic heterocycles. The molecule has 0 fully saturated rings. The van der Waals surface area contributed by atoms with Crippen LogP contribution in [-0.4, -0.2) is 22.2 Å². The second-order valence-electron chi connectivity index (χ2n) is 7.27. The third-order valence-electron chi connectivity index (χ3n) is 4.14. The first-order chi connectivity index (χ1) is 8.98. The Hall–Kier alpha value is -1.06. The smallest absolute Gasteiger partial charge is 0.307 e. The molecular formula is C16H30O4. The van der Waals surface area contributed by atoms with Crippen molar-refractivity contribution in [1.82, 2.24) is 0 Å². The molecule has 0 saturated heterocycles. The number of hydrogen-bond donors (Lipinski definition) is 2. The van der Waals surface area contributed by atoms with Gasteiger partial charge in [0.05, 0.1) is 12.3 Å². The maximum absolute atomic E-state index is 11.5. The van der Waals surface area contributed by atoms with E-state index in [2.05, 4.69) is 27.7 Å². The maximum atomic E-state index is 11.5. The van der Waals surface area contributed by atoms with Crippen LogP contribution in [0.25, 0.3) is 0 Å². The number of carboxylic acid groups (broad SMARTS) is 2. The molecule has 0 saturated carbocycles. The van der Waals surface area contributed by atoms with E-state index in [1.807, 2.05) is 13.8 Å². The Labute approximate surface area is 122 Å². The Bertz CT molecular complexity index is 321. The molecule has 0 spiro atoms. The summed E-state index contributed by atoms with van der Waals surface area (Å²) in [6.45, 7) is 12.3. The average molecular weight is 286 g/mol. The van der Waals surface area contributed by atoms with Crippen LogP contribution in [0.3, 0.4) is 0 Å². The zero-order chi connectivity index (χ0) is 16.1. The molecule has 4 heteroatoms. The van der Waals surface area contributed by atoms with Gasteiger partial charge in [0.2, 0.25) is 0 Å².